The minimum absolute atomic E-state index is 0.124. The van der Waals surface area contributed by atoms with E-state index in [1.165, 1.54) is 12.1 Å². The summed E-state index contributed by atoms with van der Waals surface area (Å²) in [7, 11) is 0. The molecule has 18 heavy (non-hydrogen) atoms. The van der Waals surface area contributed by atoms with Crippen molar-refractivity contribution in [3.8, 4) is 0 Å². The number of aryl methyl sites for hydroxylation is 1. The normalized spacial score (nSPS) is 10.6. The molecule has 2 rings (SSSR count). The van der Waals surface area contributed by atoms with Crippen LogP contribution in [0.25, 0.3) is 0 Å². The maximum Gasteiger partial charge on any atom is 0.255 e. The Hall–Kier alpha value is -1.46. The Morgan fingerprint density at radius 3 is 2.67 bits per heavy atom. The fourth-order valence-corrected chi connectivity index (χ4v) is 2.19. The Kier molecular flexibility index (Phi) is 3.63. The topological polar surface area (TPSA) is 48.6 Å². The molecule has 0 fully saturated rings. The van der Waals surface area contributed by atoms with Crippen molar-refractivity contribution in [3.05, 3.63) is 61.0 Å². The molecule has 0 radical (unpaired) electrons. The second kappa shape index (κ2) is 5.04. The molecule has 2 aromatic rings. The fraction of sp³-hybridized carbons (Fsp3) is 0.167. The molecule has 0 aliphatic rings. The van der Waals surface area contributed by atoms with E-state index in [-0.39, 0.29) is 16.8 Å². The molecule has 3 nitrogen and oxygen atoms in total. The van der Waals surface area contributed by atoms with Gasteiger partial charge >= 0.3 is 0 Å². The maximum absolute atomic E-state index is 13.7. The molecule has 0 unspecified atom stereocenters. The molecule has 6 heteroatoms. The molecule has 0 aliphatic carbocycles. The summed E-state index contributed by atoms with van der Waals surface area (Å²) < 4.78 is 13.9. The number of nitrogens with one attached hydrogen (secondary N) is 2. The highest BCUT2D eigenvalue weighted by atomic mass is 35.5. The van der Waals surface area contributed by atoms with E-state index in [1.807, 2.05) is 0 Å². The van der Waals surface area contributed by atoms with Gasteiger partial charge in [-0.05, 0) is 31.3 Å². The van der Waals surface area contributed by atoms with Crippen LogP contribution in [0, 0.1) is 17.5 Å². The molecule has 1 heterocycles. The average Bonchev–Trinajstić information content (AvgIpc) is 2.26. The number of hydrogen-bond donors (Lipinski definition) is 2. The van der Waals surface area contributed by atoms with Gasteiger partial charge in [0.05, 0.1) is 0 Å². The van der Waals surface area contributed by atoms with Crippen LogP contribution in [0.5, 0.6) is 0 Å². The highest BCUT2D eigenvalue weighted by Crippen LogP contribution is 2.21. The van der Waals surface area contributed by atoms with Crippen molar-refractivity contribution in [1.29, 1.82) is 0 Å². The zero-order chi connectivity index (χ0) is 13.3. The summed E-state index contributed by atoms with van der Waals surface area (Å²) >= 11 is 10.8. The Labute approximate surface area is 113 Å². The molecular formula is C12H10ClFN2OS. The lowest BCUT2D eigenvalue weighted by molar-refractivity contribution is 0.613. The van der Waals surface area contributed by atoms with Gasteiger partial charge in [0.1, 0.15) is 5.82 Å². The van der Waals surface area contributed by atoms with E-state index in [9.17, 15) is 9.18 Å². The molecule has 0 bridgehead atoms. The van der Waals surface area contributed by atoms with Crippen LogP contribution in [0.15, 0.2) is 23.0 Å². The predicted molar refractivity (Wildman–Crippen MR) is 71.2 cm³/mol. The van der Waals surface area contributed by atoms with Crippen LogP contribution < -0.4 is 5.56 Å². The van der Waals surface area contributed by atoms with Crippen LogP contribution in [-0.4, -0.2) is 9.97 Å². The lowest BCUT2D eigenvalue weighted by Crippen LogP contribution is -2.17. The number of aromatic amines is 2. The molecule has 1 aromatic heterocycles. The molecule has 0 saturated heterocycles. The number of aromatic nitrogens is 2. The van der Waals surface area contributed by atoms with Crippen LogP contribution >= 0.6 is 23.8 Å². The van der Waals surface area contributed by atoms with Crippen molar-refractivity contribution in [3.63, 3.8) is 0 Å². The summed E-state index contributed by atoms with van der Waals surface area (Å²) in [5.41, 5.74) is 1.02. The van der Waals surface area contributed by atoms with Crippen LogP contribution in [0.1, 0.15) is 16.8 Å². The Balaban J connectivity index is 2.54. The van der Waals surface area contributed by atoms with Crippen molar-refractivity contribution < 1.29 is 4.39 Å². The minimum Gasteiger partial charge on any atom is -0.336 e. The molecule has 2 N–H and O–H groups in total. The first kappa shape index (κ1) is 13.0. The first-order valence-corrected chi connectivity index (χ1v) is 6.02. The van der Waals surface area contributed by atoms with E-state index in [0.717, 1.165) is 0 Å². The van der Waals surface area contributed by atoms with E-state index in [1.54, 1.807) is 13.0 Å². The van der Waals surface area contributed by atoms with Gasteiger partial charge in [0.15, 0.2) is 4.77 Å². The molecule has 0 spiro atoms. The van der Waals surface area contributed by atoms with E-state index in [4.69, 9.17) is 23.8 Å². The fourth-order valence-electron chi connectivity index (χ4n) is 1.72. The summed E-state index contributed by atoms with van der Waals surface area (Å²) in [6.45, 7) is 1.72. The molecule has 0 saturated carbocycles. The Bertz CT molecular complexity index is 688. The minimum atomic E-state index is -0.427. The lowest BCUT2D eigenvalue weighted by atomic mass is 10.0. The van der Waals surface area contributed by atoms with E-state index in [2.05, 4.69) is 9.97 Å². The third-order valence-corrected chi connectivity index (χ3v) is 3.23. The Morgan fingerprint density at radius 2 is 2.06 bits per heavy atom. The second-order valence-electron chi connectivity index (χ2n) is 3.89. The summed E-state index contributed by atoms with van der Waals surface area (Å²) in [6, 6.07) is 4.43. The first-order valence-electron chi connectivity index (χ1n) is 5.24. The summed E-state index contributed by atoms with van der Waals surface area (Å²) in [6.07, 6.45) is 0.124. The smallest absolute Gasteiger partial charge is 0.255 e. The van der Waals surface area contributed by atoms with Gasteiger partial charge in [-0.3, -0.25) is 9.78 Å². The molecule has 0 aliphatic heterocycles. The zero-order valence-corrected chi connectivity index (χ0v) is 11.1. The van der Waals surface area contributed by atoms with Crippen molar-refractivity contribution in [2.45, 2.75) is 13.3 Å². The molecular weight excluding hydrogens is 275 g/mol. The van der Waals surface area contributed by atoms with E-state index < -0.39 is 5.82 Å². The maximum atomic E-state index is 13.7. The van der Waals surface area contributed by atoms with Gasteiger partial charge in [0.2, 0.25) is 0 Å². The Morgan fingerprint density at radius 1 is 1.33 bits per heavy atom. The van der Waals surface area contributed by atoms with Crippen LogP contribution in [-0.2, 0) is 6.42 Å². The van der Waals surface area contributed by atoms with E-state index >= 15 is 0 Å². The van der Waals surface area contributed by atoms with Crippen molar-refractivity contribution in [2.24, 2.45) is 0 Å². The number of H-pyrrole nitrogens is 2. The summed E-state index contributed by atoms with van der Waals surface area (Å²) in [5, 5.41) is 0.302. The molecule has 94 valence electrons. The second-order valence-corrected chi connectivity index (χ2v) is 4.70. The average molecular weight is 285 g/mol. The molecule has 1 aromatic carbocycles. The predicted octanol–water partition coefficient (Wildman–Crippen LogP) is 3.12. The van der Waals surface area contributed by atoms with Crippen molar-refractivity contribution in [2.75, 3.05) is 0 Å². The van der Waals surface area contributed by atoms with Gasteiger partial charge in [0.25, 0.3) is 5.56 Å². The number of rotatable bonds is 2. The van der Waals surface area contributed by atoms with Crippen molar-refractivity contribution >= 4 is 23.8 Å². The number of halogens is 2. The monoisotopic (exact) mass is 284 g/mol. The highest BCUT2D eigenvalue weighted by molar-refractivity contribution is 7.71. The quantitative estimate of drug-likeness (QED) is 0.833. The van der Waals surface area contributed by atoms with Crippen molar-refractivity contribution in [1.82, 2.24) is 9.97 Å². The summed E-state index contributed by atoms with van der Waals surface area (Å²) in [5.74, 6) is -0.427. The van der Waals surface area contributed by atoms with Gasteiger partial charge in [-0.1, -0.05) is 17.7 Å². The van der Waals surface area contributed by atoms with E-state index in [0.29, 0.717) is 21.8 Å². The summed E-state index contributed by atoms with van der Waals surface area (Å²) in [4.78, 5) is 17.1. The third kappa shape index (κ3) is 2.52. The van der Waals surface area contributed by atoms with Gasteiger partial charge < -0.3 is 4.98 Å². The first-order chi connectivity index (χ1) is 8.49. The van der Waals surface area contributed by atoms with Gasteiger partial charge in [-0.15, -0.1) is 0 Å². The van der Waals surface area contributed by atoms with Gasteiger partial charge in [0, 0.05) is 28.3 Å². The largest absolute Gasteiger partial charge is 0.336 e. The van der Waals surface area contributed by atoms with Gasteiger partial charge in [-0.2, -0.15) is 0 Å². The van der Waals surface area contributed by atoms with Crippen LogP contribution in [0.2, 0.25) is 5.02 Å². The third-order valence-electron chi connectivity index (χ3n) is 2.67. The SMILES string of the molecule is Cc1[nH]c(=S)[nH]c(=O)c1Cc1c(F)cccc1Cl. The lowest BCUT2D eigenvalue weighted by Gasteiger charge is -2.07. The zero-order valence-electron chi connectivity index (χ0n) is 9.51. The number of hydrogen-bond acceptors (Lipinski definition) is 2. The molecule has 0 atom stereocenters. The standard InChI is InChI=1S/C12H10ClFN2OS/c1-6-7(11(17)16-12(18)15-6)5-8-9(13)3-2-4-10(8)14/h2-4H,5H2,1H3,(H2,15,16,17,18). The van der Waals surface area contributed by atoms with Crippen LogP contribution in [0.4, 0.5) is 4.39 Å². The number of benzene rings is 1. The highest BCUT2D eigenvalue weighted by Gasteiger charge is 2.12. The molecule has 0 amide bonds. The van der Waals surface area contributed by atoms with Crippen LogP contribution in [0.3, 0.4) is 0 Å². The van der Waals surface area contributed by atoms with Gasteiger partial charge in [-0.25, -0.2) is 4.39 Å².